The Labute approximate surface area is 129 Å². The van der Waals surface area contributed by atoms with Crippen LogP contribution in [-0.2, 0) is 12.7 Å². The fraction of sp³-hybridized carbons (Fsp3) is 0.133. The van der Waals surface area contributed by atoms with Crippen LogP contribution < -0.4 is 5.32 Å². The summed E-state index contributed by atoms with van der Waals surface area (Å²) in [7, 11) is 0. The number of anilines is 2. The summed E-state index contributed by atoms with van der Waals surface area (Å²) in [5.74, 6) is 0.0808. The van der Waals surface area contributed by atoms with Crippen LogP contribution in [0, 0.1) is 0 Å². The molecule has 8 heteroatoms. The van der Waals surface area contributed by atoms with E-state index in [4.69, 9.17) is 0 Å². The third kappa shape index (κ3) is 3.85. The van der Waals surface area contributed by atoms with Gasteiger partial charge in [0.2, 0.25) is 5.95 Å². The van der Waals surface area contributed by atoms with Crippen LogP contribution in [0.1, 0.15) is 11.1 Å². The fourth-order valence-electron chi connectivity index (χ4n) is 1.95. The summed E-state index contributed by atoms with van der Waals surface area (Å²) in [6, 6.07) is 9.77. The summed E-state index contributed by atoms with van der Waals surface area (Å²) < 4.78 is 39.0. The Hall–Kier alpha value is -2.90. The van der Waals surface area contributed by atoms with Gasteiger partial charge in [0.05, 0.1) is 24.0 Å². The Morgan fingerprint density at radius 1 is 1.00 bits per heavy atom. The summed E-state index contributed by atoms with van der Waals surface area (Å²) in [4.78, 5) is 7.31. The van der Waals surface area contributed by atoms with Crippen LogP contribution in [0.3, 0.4) is 0 Å². The van der Waals surface area contributed by atoms with E-state index in [2.05, 4.69) is 20.4 Å². The second-order valence-electron chi connectivity index (χ2n) is 4.83. The Morgan fingerprint density at radius 3 is 2.35 bits per heavy atom. The van der Waals surface area contributed by atoms with Gasteiger partial charge in [-0.1, -0.05) is 30.3 Å². The molecule has 2 aromatic heterocycles. The SMILES string of the molecule is FC(F)(F)c1cnc(Nc2cnn(Cc3ccccc3)c2)nc1. The maximum absolute atomic E-state index is 12.4. The van der Waals surface area contributed by atoms with Crippen molar-refractivity contribution in [3.8, 4) is 0 Å². The zero-order valence-electron chi connectivity index (χ0n) is 11.8. The van der Waals surface area contributed by atoms with Gasteiger partial charge < -0.3 is 5.32 Å². The predicted octanol–water partition coefficient (Wildman–Crippen LogP) is 3.48. The lowest BCUT2D eigenvalue weighted by atomic mass is 10.2. The van der Waals surface area contributed by atoms with Crippen LogP contribution in [0.15, 0.2) is 55.1 Å². The maximum atomic E-state index is 12.4. The lowest BCUT2D eigenvalue weighted by Crippen LogP contribution is -2.07. The Balaban J connectivity index is 1.67. The third-order valence-corrected chi connectivity index (χ3v) is 3.06. The highest BCUT2D eigenvalue weighted by atomic mass is 19.4. The summed E-state index contributed by atoms with van der Waals surface area (Å²) in [5, 5.41) is 7.00. The van der Waals surface area contributed by atoms with E-state index < -0.39 is 11.7 Å². The smallest absolute Gasteiger partial charge is 0.321 e. The van der Waals surface area contributed by atoms with Crippen LogP contribution in [-0.4, -0.2) is 19.7 Å². The van der Waals surface area contributed by atoms with Crippen molar-refractivity contribution in [2.24, 2.45) is 0 Å². The van der Waals surface area contributed by atoms with E-state index in [0.717, 1.165) is 18.0 Å². The van der Waals surface area contributed by atoms with E-state index >= 15 is 0 Å². The molecule has 0 spiro atoms. The minimum atomic E-state index is -4.45. The minimum Gasteiger partial charge on any atom is -0.321 e. The molecular weight excluding hydrogens is 307 g/mol. The molecule has 0 aliphatic carbocycles. The van der Waals surface area contributed by atoms with Crippen LogP contribution >= 0.6 is 0 Å². The molecule has 0 radical (unpaired) electrons. The van der Waals surface area contributed by atoms with E-state index in [1.807, 2.05) is 30.3 Å². The van der Waals surface area contributed by atoms with Crippen molar-refractivity contribution < 1.29 is 13.2 Å². The van der Waals surface area contributed by atoms with Gasteiger partial charge >= 0.3 is 6.18 Å². The fourth-order valence-corrected chi connectivity index (χ4v) is 1.95. The molecule has 0 aliphatic rings. The molecule has 3 rings (SSSR count). The van der Waals surface area contributed by atoms with Crippen LogP contribution in [0.4, 0.5) is 24.8 Å². The van der Waals surface area contributed by atoms with Crippen LogP contribution in [0.5, 0.6) is 0 Å². The van der Waals surface area contributed by atoms with E-state index in [1.165, 1.54) is 0 Å². The molecule has 0 bridgehead atoms. The monoisotopic (exact) mass is 319 g/mol. The molecule has 0 saturated carbocycles. The molecule has 23 heavy (non-hydrogen) atoms. The molecule has 0 fully saturated rings. The van der Waals surface area contributed by atoms with Gasteiger partial charge in [-0.15, -0.1) is 0 Å². The van der Waals surface area contributed by atoms with Crippen molar-refractivity contribution in [2.45, 2.75) is 12.7 Å². The molecule has 0 amide bonds. The van der Waals surface area contributed by atoms with Gasteiger partial charge in [0.15, 0.2) is 0 Å². The summed E-state index contributed by atoms with van der Waals surface area (Å²) in [6.45, 7) is 0.594. The molecule has 0 aliphatic heterocycles. The van der Waals surface area contributed by atoms with Crippen molar-refractivity contribution in [1.29, 1.82) is 0 Å². The molecule has 0 atom stereocenters. The van der Waals surface area contributed by atoms with Crippen molar-refractivity contribution in [3.05, 3.63) is 66.2 Å². The molecule has 1 N–H and O–H groups in total. The number of aromatic nitrogens is 4. The third-order valence-electron chi connectivity index (χ3n) is 3.06. The topological polar surface area (TPSA) is 55.6 Å². The first kappa shape index (κ1) is 15.0. The van der Waals surface area contributed by atoms with E-state index in [-0.39, 0.29) is 5.95 Å². The van der Waals surface area contributed by atoms with Gasteiger partial charge in [-0.3, -0.25) is 4.68 Å². The average Bonchev–Trinajstić information content (AvgIpc) is 2.95. The van der Waals surface area contributed by atoms with Crippen molar-refractivity contribution in [2.75, 3.05) is 5.32 Å². The second-order valence-corrected chi connectivity index (χ2v) is 4.83. The van der Waals surface area contributed by atoms with Crippen LogP contribution in [0.25, 0.3) is 0 Å². The quantitative estimate of drug-likeness (QED) is 0.800. The van der Waals surface area contributed by atoms with Gasteiger partial charge in [-0.25, -0.2) is 9.97 Å². The number of hydrogen-bond donors (Lipinski definition) is 1. The molecule has 3 aromatic rings. The van der Waals surface area contributed by atoms with E-state index in [0.29, 0.717) is 12.2 Å². The lowest BCUT2D eigenvalue weighted by Gasteiger charge is -2.06. The number of alkyl halides is 3. The van der Waals surface area contributed by atoms with Gasteiger partial charge in [0, 0.05) is 18.6 Å². The molecule has 118 valence electrons. The first-order valence-electron chi connectivity index (χ1n) is 6.73. The van der Waals surface area contributed by atoms with Gasteiger partial charge in [0.25, 0.3) is 0 Å². The van der Waals surface area contributed by atoms with Gasteiger partial charge in [-0.05, 0) is 5.56 Å². The summed E-state index contributed by atoms with van der Waals surface area (Å²) >= 11 is 0. The number of benzene rings is 1. The average molecular weight is 319 g/mol. The van der Waals surface area contributed by atoms with E-state index in [1.54, 1.807) is 17.1 Å². The Kier molecular flexibility index (Phi) is 3.96. The first-order chi connectivity index (χ1) is 11.0. The Morgan fingerprint density at radius 2 is 1.70 bits per heavy atom. The molecule has 0 saturated heterocycles. The number of nitrogens with zero attached hydrogens (tertiary/aromatic N) is 4. The standard InChI is InChI=1S/C15H12F3N5/c16-15(17,18)12-6-19-14(20-7-12)22-13-8-21-23(10-13)9-11-4-2-1-3-5-11/h1-8,10H,9H2,(H,19,20,22). The minimum absolute atomic E-state index is 0.0808. The van der Waals surface area contributed by atoms with E-state index in [9.17, 15) is 13.2 Å². The maximum Gasteiger partial charge on any atom is 0.419 e. The molecule has 2 heterocycles. The van der Waals surface area contributed by atoms with Crippen molar-refractivity contribution >= 4 is 11.6 Å². The molecule has 0 unspecified atom stereocenters. The van der Waals surface area contributed by atoms with Crippen molar-refractivity contribution in [3.63, 3.8) is 0 Å². The Bertz CT molecular complexity index is 766. The van der Waals surface area contributed by atoms with Crippen molar-refractivity contribution in [1.82, 2.24) is 19.7 Å². The summed E-state index contributed by atoms with van der Waals surface area (Å²) in [6.07, 6.45) is 0.324. The first-order valence-corrected chi connectivity index (χ1v) is 6.73. The number of rotatable bonds is 4. The second kappa shape index (κ2) is 6.07. The lowest BCUT2D eigenvalue weighted by molar-refractivity contribution is -0.138. The molecule has 1 aromatic carbocycles. The predicted molar refractivity (Wildman–Crippen MR) is 78.1 cm³/mol. The molecule has 5 nitrogen and oxygen atoms in total. The number of halogens is 3. The molecular formula is C15H12F3N5. The largest absolute Gasteiger partial charge is 0.419 e. The normalized spacial score (nSPS) is 11.4. The van der Waals surface area contributed by atoms with Gasteiger partial charge in [-0.2, -0.15) is 18.3 Å². The van der Waals surface area contributed by atoms with Gasteiger partial charge in [0.1, 0.15) is 0 Å². The highest BCUT2D eigenvalue weighted by Crippen LogP contribution is 2.28. The zero-order valence-corrected chi connectivity index (χ0v) is 11.8. The number of hydrogen-bond acceptors (Lipinski definition) is 4. The summed E-state index contributed by atoms with van der Waals surface area (Å²) in [5.41, 5.74) is 0.802. The zero-order chi connectivity index (χ0) is 16.3. The number of nitrogens with one attached hydrogen (secondary N) is 1. The highest BCUT2D eigenvalue weighted by Gasteiger charge is 2.31. The highest BCUT2D eigenvalue weighted by molar-refractivity contribution is 5.50. The van der Waals surface area contributed by atoms with Crippen LogP contribution in [0.2, 0.25) is 0 Å².